The van der Waals surface area contributed by atoms with Crippen molar-refractivity contribution in [2.24, 2.45) is 0 Å². The number of carbonyl (C=O) groups excluding carboxylic acids is 1. The third kappa shape index (κ3) is 5.21. The summed E-state index contributed by atoms with van der Waals surface area (Å²) in [6.07, 6.45) is -8.04. The molecule has 1 amide bonds. The first-order valence-corrected chi connectivity index (χ1v) is 8.28. The van der Waals surface area contributed by atoms with Crippen LogP contribution in [-0.2, 0) is 17.4 Å². The molecule has 154 valence electrons. The fourth-order valence-electron chi connectivity index (χ4n) is 2.73. The maximum absolute atomic E-state index is 13.0. The minimum absolute atomic E-state index is 0.195. The minimum atomic E-state index is -4.74. The van der Waals surface area contributed by atoms with E-state index >= 15 is 0 Å². The number of benzene rings is 2. The summed E-state index contributed by atoms with van der Waals surface area (Å²) in [7, 11) is 0. The maximum atomic E-state index is 13.0. The number of hydrogen-bond donors (Lipinski definition) is 2. The van der Waals surface area contributed by atoms with Crippen LogP contribution in [0.15, 0.2) is 48.7 Å². The molecular formula is C19H14F6N2O2. The Balaban J connectivity index is 1.83. The topological polar surface area (TPSA) is 54.1 Å². The summed E-state index contributed by atoms with van der Waals surface area (Å²) in [6.45, 7) is -1.70. The zero-order valence-corrected chi connectivity index (χ0v) is 14.6. The lowest BCUT2D eigenvalue weighted by atomic mass is 10.1. The van der Waals surface area contributed by atoms with Gasteiger partial charge in [-0.1, -0.05) is 18.2 Å². The number of ether oxygens (including phenoxy) is 1. The van der Waals surface area contributed by atoms with Crippen LogP contribution >= 0.6 is 0 Å². The molecule has 1 heterocycles. The van der Waals surface area contributed by atoms with E-state index in [0.29, 0.717) is 17.7 Å². The SMILES string of the molecule is O=C(Cc1c[nH]c2ccccc12)Nc1cc(C(F)(F)F)ccc1OCC(F)(F)F. The van der Waals surface area contributed by atoms with Gasteiger partial charge in [0.1, 0.15) is 5.75 Å². The lowest BCUT2D eigenvalue weighted by Gasteiger charge is -2.16. The third-order valence-corrected chi connectivity index (χ3v) is 4.00. The van der Waals surface area contributed by atoms with Gasteiger partial charge in [-0.15, -0.1) is 0 Å². The largest absolute Gasteiger partial charge is 0.482 e. The van der Waals surface area contributed by atoms with Gasteiger partial charge in [-0.2, -0.15) is 26.3 Å². The highest BCUT2D eigenvalue weighted by molar-refractivity contribution is 5.96. The molecule has 0 atom stereocenters. The number of alkyl halides is 6. The second-order valence-electron chi connectivity index (χ2n) is 6.20. The molecule has 0 aliphatic heterocycles. The Morgan fingerprint density at radius 1 is 1.03 bits per heavy atom. The summed E-state index contributed by atoms with van der Waals surface area (Å²) in [4.78, 5) is 15.3. The summed E-state index contributed by atoms with van der Waals surface area (Å²) in [6, 6.07) is 8.96. The minimum Gasteiger partial charge on any atom is -0.482 e. The average Bonchev–Trinajstić information content (AvgIpc) is 3.02. The van der Waals surface area contributed by atoms with Gasteiger partial charge in [0, 0.05) is 17.1 Å². The van der Waals surface area contributed by atoms with E-state index in [1.807, 2.05) is 0 Å². The highest BCUT2D eigenvalue weighted by atomic mass is 19.4. The highest BCUT2D eigenvalue weighted by Gasteiger charge is 2.33. The predicted molar refractivity (Wildman–Crippen MR) is 93.6 cm³/mol. The van der Waals surface area contributed by atoms with Gasteiger partial charge in [-0.25, -0.2) is 0 Å². The summed E-state index contributed by atoms with van der Waals surface area (Å²) >= 11 is 0. The number of carbonyl (C=O) groups is 1. The Morgan fingerprint density at radius 3 is 2.45 bits per heavy atom. The lowest BCUT2D eigenvalue weighted by Crippen LogP contribution is -2.21. The molecule has 0 spiro atoms. The van der Waals surface area contributed by atoms with Crippen LogP contribution in [0.3, 0.4) is 0 Å². The number of amides is 1. The van der Waals surface area contributed by atoms with E-state index in [1.165, 1.54) is 0 Å². The molecule has 2 N–H and O–H groups in total. The van der Waals surface area contributed by atoms with Gasteiger partial charge in [0.05, 0.1) is 17.7 Å². The highest BCUT2D eigenvalue weighted by Crippen LogP contribution is 2.35. The van der Waals surface area contributed by atoms with Crippen LogP contribution in [0.2, 0.25) is 0 Å². The van der Waals surface area contributed by atoms with E-state index in [2.05, 4.69) is 15.0 Å². The number of para-hydroxylation sites is 1. The van der Waals surface area contributed by atoms with Gasteiger partial charge in [-0.3, -0.25) is 4.79 Å². The smallest absolute Gasteiger partial charge is 0.422 e. The fourth-order valence-corrected chi connectivity index (χ4v) is 2.73. The second-order valence-corrected chi connectivity index (χ2v) is 6.20. The zero-order chi connectivity index (χ0) is 21.2. The van der Waals surface area contributed by atoms with Crippen molar-refractivity contribution in [3.8, 4) is 5.75 Å². The van der Waals surface area contributed by atoms with Gasteiger partial charge < -0.3 is 15.0 Å². The van der Waals surface area contributed by atoms with Crippen molar-refractivity contribution < 1.29 is 35.9 Å². The summed E-state index contributed by atoms with van der Waals surface area (Å²) in [5, 5.41) is 2.97. The first-order chi connectivity index (χ1) is 13.5. The van der Waals surface area contributed by atoms with Gasteiger partial charge >= 0.3 is 12.4 Å². The van der Waals surface area contributed by atoms with Crippen LogP contribution in [0, 0.1) is 0 Å². The maximum Gasteiger partial charge on any atom is 0.422 e. The fraction of sp³-hybridized carbons (Fsp3) is 0.211. The summed E-state index contributed by atoms with van der Waals surface area (Å²) in [5.74, 6) is -1.21. The van der Waals surface area contributed by atoms with Gasteiger partial charge in [0.25, 0.3) is 0 Å². The van der Waals surface area contributed by atoms with E-state index in [9.17, 15) is 31.1 Å². The summed E-state index contributed by atoms with van der Waals surface area (Å²) in [5.41, 5.74) is -0.264. The molecule has 0 radical (unpaired) electrons. The van der Waals surface area contributed by atoms with Crippen LogP contribution in [0.4, 0.5) is 32.0 Å². The molecule has 4 nitrogen and oxygen atoms in total. The monoisotopic (exact) mass is 416 g/mol. The van der Waals surface area contributed by atoms with Crippen LogP contribution in [0.25, 0.3) is 10.9 Å². The molecule has 0 aliphatic carbocycles. The molecule has 0 fully saturated rings. The molecule has 0 unspecified atom stereocenters. The molecule has 1 aromatic heterocycles. The van der Waals surface area contributed by atoms with Gasteiger partial charge in [0.2, 0.25) is 5.91 Å². The molecule has 3 aromatic rings. The number of aromatic nitrogens is 1. The molecule has 10 heteroatoms. The third-order valence-electron chi connectivity index (χ3n) is 4.00. The molecule has 0 saturated heterocycles. The first-order valence-electron chi connectivity index (χ1n) is 8.28. The number of aromatic amines is 1. The number of halogens is 6. The first kappa shape index (κ1) is 20.6. The van der Waals surface area contributed by atoms with Crippen molar-refractivity contribution in [1.29, 1.82) is 0 Å². The van der Waals surface area contributed by atoms with Crippen molar-refractivity contribution >= 4 is 22.5 Å². The van der Waals surface area contributed by atoms with Crippen LogP contribution in [0.5, 0.6) is 5.75 Å². The van der Waals surface area contributed by atoms with Crippen LogP contribution < -0.4 is 10.1 Å². The van der Waals surface area contributed by atoms with Crippen LogP contribution in [0.1, 0.15) is 11.1 Å². The lowest BCUT2D eigenvalue weighted by molar-refractivity contribution is -0.153. The number of H-pyrrole nitrogens is 1. The van der Waals surface area contributed by atoms with E-state index < -0.39 is 41.9 Å². The zero-order valence-electron chi connectivity index (χ0n) is 14.6. The summed E-state index contributed by atoms with van der Waals surface area (Å²) < 4.78 is 80.7. The average molecular weight is 416 g/mol. The van der Waals surface area contributed by atoms with Crippen molar-refractivity contribution in [2.75, 3.05) is 11.9 Å². The number of rotatable bonds is 5. The van der Waals surface area contributed by atoms with Crippen molar-refractivity contribution in [1.82, 2.24) is 4.98 Å². The predicted octanol–water partition coefficient (Wildman–Crippen LogP) is 5.31. The number of hydrogen-bond acceptors (Lipinski definition) is 2. The van der Waals surface area contributed by atoms with Crippen molar-refractivity contribution in [3.63, 3.8) is 0 Å². The van der Waals surface area contributed by atoms with Gasteiger partial charge in [-0.05, 0) is 29.8 Å². The molecule has 0 aliphatic rings. The molecule has 29 heavy (non-hydrogen) atoms. The molecule has 0 bridgehead atoms. The van der Waals surface area contributed by atoms with E-state index in [4.69, 9.17) is 0 Å². The van der Waals surface area contributed by atoms with E-state index in [1.54, 1.807) is 30.5 Å². The number of fused-ring (bicyclic) bond motifs is 1. The normalized spacial score (nSPS) is 12.2. The van der Waals surface area contributed by atoms with Gasteiger partial charge in [0.15, 0.2) is 6.61 Å². The second kappa shape index (κ2) is 7.69. The van der Waals surface area contributed by atoms with E-state index in [0.717, 1.165) is 17.0 Å². The Hall–Kier alpha value is -3.17. The van der Waals surface area contributed by atoms with E-state index in [-0.39, 0.29) is 6.42 Å². The number of nitrogens with one attached hydrogen (secondary N) is 2. The molecule has 0 saturated carbocycles. The molecule has 2 aromatic carbocycles. The molecule has 3 rings (SSSR count). The Labute approximate surface area is 160 Å². The van der Waals surface area contributed by atoms with Crippen molar-refractivity contribution in [3.05, 3.63) is 59.8 Å². The Bertz CT molecular complexity index is 1020. The molecular weight excluding hydrogens is 402 g/mol. The van der Waals surface area contributed by atoms with Crippen molar-refractivity contribution in [2.45, 2.75) is 18.8 Å². The van der Waals surface area contributed by atoms with Crippen LogP contribution in [-0.4, -0.2) is 23.7 Å². The Morgan fingerprint density at radius 2 is 1.76 bits per heavy atom. The standard InChI is InChI=1S/C19H14F6N2O2/c20-18(21,22)10-29-16-6-5-12(19(23,24)25)8-15(16)27-17(28)7-11-9-26-14-4-2-1-3-13(11)14/h1-6,8-9,26H,7,10H2,(H,27,28). The quantitative estimate of drug-likeness (QED) is 0.554. The Kier molecular flexibility index (Phi) is 5.45. The number of anilines is 1.